The fraction of sp³-hybridized carbons (Fsp3) is 0.447. The maximum absolute atomic E-state index is 14.0. The van der Waals surface area contributed by atoms with Gasteiger partial charge in [0.15, 0.2) is 11.6 Å². The molecule has 1 aliphatic rings. The highest BCUT2D eigenvalue weighted by atomic mass is 32.2. The molecular formula is C47H64O2S2. The summed E-state index contributed by atoms with van der Waals surface area (Å²) in [6, 6.07) is 19.5. The van der Waals surface area contributed by atoms with Crippen molar-refractivity contribution in [3.8, 4) is 0 Å². The fourth-order valence-electron chi connectivity index (χ4n) is 6.53. The van der Waals surface area contributed by atoms with Crippen LogP contribution in [0.3, 0.4) is 0 Å². The molecule has 4 rings (SSSR count). The van der Waals surface area contributed by atoms with Gasteiger partial charge in [0, 0.05) is 36.9 Å². The van der Waals surface area contributed by atoms with Crippen molar-refractivity contribution < 1.29 is 9.59 Å². The van der Waals surface area contributed by atoms with E-state index >= 15 is 0 Å². The second kappa shape index (κ2) is 23.5. The molecule has 3 aromatic carbocycles. The molecule has 0 fully saturated rings. The second-order valence-corrected chi connectivity index (χ2v) is 15.7. The van der Waals surface area contributed by atoms with Crippen LogP contribution in [0.5, 0.6) is 0 Å². The molecule has 3 atom stereocenters. The van der Waals surface area contributed by atoms with Crippen molar-refractivity contribution in [1.82, 2.24) is 0 Å². The van der Waals surface area contributed by atoms with Gasteiger partial charge >= 0.3 is 0 Å². The highest BCUT2D eigenvalue weighted by Gasteiger charge is 2.33. The third kappa shape index (κ3) is 12.8. The molecule has 1 aliphatic carbocycles. The normalized spacial score (nSPS) is 14.2. The van der Waals surface area contributed by atoms with Gasteiger partial charge in [-0.15, -0.1) is 0 Å². The van der Waals surface area contributed by atoms with Crippen molar-refractivity contribution in [1.29, 1.82) is 0 Å². The van der Waals surface area contributed by atoms with Gasteiger partial charge in [-0.3, -0.25) is 9.59 Å². The zero-order valence-electron chi connectivity index (χ0n) is 33.2. The van der Waals surface area contributed by atoms with Crippen molar-refractivity contribution in [3.05, 3.63) is 124 Å². The summed E-state index contributed by atoms with van der Waals surface area (Å²) in [5.74, 6) is 1.89. The lowest BCUT2D eigenvalue weighted by atomic mass is 9.84. The lowest BCUT2D eigenvalue weighted by molar-refractivity contribution is 0.0974. The zero-order valence-corrected chi connectivity index (χ0v) is 34.9. The molecule has 2 nitrogen and oxygen atoms in total. The molecule has 0 bridgehead atoms. The lowest BCUT2D eigenvalue weighted by Gasteiger charge is -2.22. The van der Waals surface area contributed by atoms with Crippen LogP contribution in [0.4, 0.5) is 0 Å². The number of rotatable bonds is 17. The summed E-state index contributed by atoms with van der Waals surface area (Å²) in [6.07, 6.45) is 16.6. The summed E-state index contributed by atoms with van der Waals surface area (Å²) in [5, 5.41) is 0. The first-order valence-corrected chi connectivity index (χ1v) is 21.1. The fourth-order valence-corrected chi connectivity index (χ4v) is 8.45. The van der Waals surface area contributed by atoms with Crippen LogP contribution in [-0.4, -0.2) is 11.6 Å². The number of hydrogen-bond donors (Lipinski definition) is 0. The minimum absolute atomic E-state index is 0.0851. The second-order valence-electron chi connectivity index (χ2n) is 13.3. The van der Waals surface area contributed by atoms with Gasteiger partial charge in [-0.2, -0.15) is 0 Å². The van der Waals surface area contributed by atoms with Crippen LogP contribution in [0, 0.1) is 24.7 Å². The van der Waals surface area contributed by atoms with E-state index in [0.29, 0.717) is 28.2 Å². The van der Waals surface area contributed by atoms with Crippen LogP contribution in [-0.2, 0) is 0 Å². The topological polar surface area (TPSA) is 34.1 Å². The Balaban J connectivity index is 0.00000217. The first kappa shape index (κ1) is 44.1. The van der Waals surface area contributed by atoms with Gasteiger partial charge in [0.25, 0.3) is 0 Å². The predicted octanol–water partition coefficient (Wildman–Crippen LogP) is 15.1. The Bertz CT molecular complexity index is 1610. The smallest absolute Gasteiger partial charge is 0.195 e. The van der Waals surface area contributed by atoms with E-state index in [4.69, 9.17) is 0 Å². The summed E-state index contributed by atoms with van der Waals surface area (Å²) in [5.41, 5.74) is 4.41. The Kier molecular flexibility index (Phi) is 20.3. The minimum atomic E-state index is -0.0857. The Hall–Kier alpha value is -3.08. The number of thioether (sulfide) groups is 1. The van der Waals surface area contributed by atoms with Gasteiger partial charge in [0.2, 0.25) is 0 Å². The molecule has 4 heteroatoms. The van der Waals surface area contributed by atoms with Gasteiger partial charge in [-0.05, 0) is 79.2 Å². The third-order valence-corrected chi connectivity index (χ3v) is 11.6. The van der Waals surface area contributed by atoms with E-state index in [9.17, 15) is 9.59 Å². The zero-order chi connectivity index (χ0) is 37.9. The Morgan fingerprint density at radius 3 is 1.90 bits per heavy atom. The van der Waals surface area contributed by atoms with Crippen LogP contribution in [0.2, 0.25) is 0 Å². The van der Waals surface area contributed by atoms with E-state index in [1.807, 2.05) is 58.0 Å². The van der Waals surface area contributed by atoms with Gasteiger partial charge in [-0.1, -0.05) is 184 Å². The molecule has 0 saturated carbocycles. The monoisotopic (exact) mass is 724 g/mol. The summed E-state index contributed by atoms with van der Waals surface area (Å²) in [6.45, 7) is 25.6. The average molecular weight is 725 g/mol. The summed E-state index contributed by atoms with van der Waals surface area (Å²) in [4.78, 5) is 31.6. The summed E-state index contributed by atoms with van der Waals surface area (Å²) in [7, 11) is 0. The summed E-state index contributed by atoms with van der Waals surface area (Å²) < 4.78 is 0. The first-order valence-electron chi connectivity index (χ1n) is 19.4. The van der Waals surface area contributed by atoms with Crippen LogP contribution >= 0.6 is 23.5 Å². The molecule has 0 N–H and O–H groups in total. The molecule has 0 aliphatic heterocycles. The molecule has 3 unspecified atom stereocenters. The molecule has 0 radical (unpaired) electrons. The van der Waals surface area contributed by atoms with Crippen molar-refractivity contribution in [2.24, 2.45) is 17.8 Å². The number of allylic oxidation sites excluding steroid dienone is 5. The molecule has 276 valence electrons. The van der Waals surface area contributed by atoms with E-state index in [-0.39, 0.29) is 11.6 Å². The van der Waals surface area contributed by atoms with Crippen molar-refractivity contribution in [2.45, 2.75) is 135 Å². The SMILES string of the molecule is C=C/C(=C\C=C(/C)Sc1cccc2c1C(=O)c1cccc(Sc3ccc(C)cc3)c1C2=O)C(C)CCC(CC)CCCC(C)CCC.CC.CC. The molecule has 0 heterocycles. The van der Waals surface area contributed by atoms with E-state index in [1.54, 1.807) is 23.9 Å². The Morgan fingerprint density at radius 1 is 0.745 bits per heavy atom. The van der Waals surface area contributed by atoms with E-state index in [1.165, 1.54) is 67.8 Å². The number of benzene rings is 3. The average Bonchev–Trinajstić information content (AvgIpc) is 3.14. The summed E-state index contributed by atoms with van der Waals surface area (Å²) >= 11 is 3.08. The molecular weight excluding hydrogens is 661 g/mol. The van der Waals surface area contributed by atoms with Crippen LogP contribution in [0.15, 0.2) is 111 Å². The van der Waals surface area contributed by atoms with Crippen LogP contribution in [0.25, 0.3) is 0 Å². The van der Waals surface area contributed by atoms with Crippen LogP contribution in [0.1, 0.15) is 151 Å². The minimum Gasteiger partial charge on any atom is -0.289 e. The van der Waals surface area contributed by atoms with E-state index in [2.05, 4.69) is 84.5 Å². The maximum Gasteiger partial charge on any atom is 0.195 e. The number of hydrogen-bond acceptors (Lipinski definition) is 4. The number of ketones is 2. The first-order chi connectivity index (χ1) is 24.7. The van der Waals surface area contributed by atoms with Crippen molar-refractivity contribution in [2.75, 3.05) is 0 Å². The predicted molar refractivity (Wildman–Crippen MR) is 226 cm³/mol. The van der Waals surface area contributed by atoms with Crippen LogP contribution < -0.4 is 0 Å². The van der Waals surface area contributed by atoms with Gasteiger partial charge in [0.05, 0.1) is 0 Å². The van der Waals surface area contributed by atoms with E-state index < -0.39 is 0 Å². The molecule has 3 aromatic rings. The molecule has 0 aromatic heterocycles. The molecule has 0 spiro atoms. The largest absolute Gasteiger partial charge is 0.289 e. The number of carbonyl (C=O) groups excluding carboxylic acids is 2. The van der Waals surface area contributed by atoms with Crippen molar-refractivity contribution in [3.63, 3.8) is 0 Å². The number of fused-ring (bicyclic) bond motifs is 2. The van der Waals surface area contributed by atoms with Gasteiger partial charge in [0.1, 0.15) is 0 Å². The molecule has 51 heavy (non-hydrogen) atoms. The van der Waals surface area contributed by atoms with Crippen molar-refractivity contribution >= 4 is 35.1 Å². The lowest BCUT2D eigenvalue weighted by Crippen LogP contribution is -2.22. The van der Waals surface area contributed by atoms with Gasteiger partial charge < -0.3 is 0 Å². The maximum atomic E-state index is 14.0. The van der Waals surface area contributed by atoms with E-state index in [0.717, 1.165) is 37.8 Å². The van der Waals surface area contributed by atoms with Gasteiger partial charge in [-0.25, -0.2) is 0 Å². The highest BCUT2D eigenvalue weighted by Crippen LogP contribution is 2.41. The quantitative estimate of drug-likeness (QED) is 0.0802. The molecule has 0 saturated heterocycles. The Morgan fingerprint density at radius 2 is 1.33 bits per heavy atom. The number of carbonyl (C=O) groups is 2. The third-order valence-electron chi connectivity index (χ3n) is 9.51. The Labute approximate surface area is 320 Å². The number of aryl methyl sites for hydroxylation is 1. The standard InChI is InChI=1S/C43H52O2S2.2C2H6/c1-8-14-29(4)15-11-16-33(9-2)25-23-31(6)34(10-3)26-24-32(7)46-38-19-12-17-36-40(38)42(44)37-18-13-20-39(41(37)43(36)45)47-35-27-21-30(5)22-28-35;2*1-2/h10,12-13,17-22,24,26-29,31,33H,3,8-9,11,14-16,23,25H2,1-2,4-7H3;2*1-2H3/b32-24+,34-26+;;. The highest BCUT2D eigenvalue weighted by molar-refractivity contribution is 8.03. The molecule has 0 amide bonds.